The molecule has 0 saturated carbocycles. The van der Waals surface area contributed by atoms with E-state index in [1.807, 2.05) is 6.20 Å². The molecule has 0 unspecified atom stereocenters. The molecule has 23 heavy (non-hydrogen) atoms. The molecule has 1 aromatic rings. The molecule has 0 bridgehead atoms. The van der Waals surface area contributed by atoms with Gasteiger partial charge >= 0.3 is 0 Å². The third-order valence-electron chi connectivity index (χ3n) is 4.62. The second-order valence-electron chi connectivity index (χ2n) is 6.39. The van der Waals surface area contributed by atoms with Crippen LogP contribution in [0.2, 0.25) is 0 Å². The second-order valence-corrected chi connectivity index (χ2v) is 6.39. The summed E-state index contributed by atoms with van der Waals surface area (Å²) in [4.78, 5) is 22.0. The normalized spacial score (nSPS) is 22.2. The van der Waals surface area contributed by atoms with Crippen LogP contribution in [0, 0.1) is 5.92 Å². The molecule has 6 nitrogen and oxygen atoms in total. The number of nitrogens with one attached hydrogen (secondary N) is 2. The number of H-pyrrole nitrogens is 1. The highest BCUT2D eigenvalue weighted by atomic mass is 16.5. The first-order valence-corrected chi connectivity index (χ1v) is 8.64. The lowest BCUT2D eigenvalue weighted by molar-refractivity contribution is -0.123. The van der Waals surface area contributed by atoms with Gasteiger partial charge in [0.25, 0.3) is 0 Å². The second kappa shape index (κ2) is 9.03. The highest BCUT2D eigenvalue weighted by Gasteiger charge is 2.30. The number of rotatable bonds is 8. The molecule has 1 amide bonds. The number of carbonyl (C=O) groups is 1. The monoisotopic (exact) mass is 322 g/mol. The maximum atomic E-state index is 11.7. The molecule has 2 N–H and O–H groups in total. The number of methoxy groups -OCH3 is 1. The highest BCUT2D eigenvalue weighted by Crippen LogP contribution is 2.24. The van der Waals surface area contributed by atoms with Crippen LogP contribution >= 0.6 is 0 Å². The highest BCUT2D eigenvalue weighted by molar-refractivity contribution is 5.75. The zero-order valence-corrected chi connectivity index (χ0v) is 14.6. The summed E-state index contributed by atoms with van der Waals surface area (Å²) in [7, 11) is 3.43. The van der Waals surface area contributed by atoms with E-state index in [1.165, 1.54) is 12.8 Å². The summed E-state index contributed by atoms with van der Waals surface area (Å²) in [5.41, 5.74) is 1.16. The molecule has 1 aliphatic rings. The van der Waals surface area contributed by atoms with Crippen molar-refractivity contribution in [1.29, 1.82) is 0 Å². The lowest BCUT2D eigenvalue weighted by Gasteiger charge is -2.37. The average Bonchev–Trinajstić information content (AvgIpc) is 3.00. The first-order chi connectivity index (χ1) is 11.2. The van der Waals surface area contributed by atoms with E-state index >= 15 is 0 Å². The summed E-state index contributed by atoms with van der Waals surface area (Å²) in [6.45, 7) is 4.93. The fraction of sp³-hybridized carbons (Fsp3) is 0.765. The third-order valence-corrected chi connectivity index (χ3v) is 4.62. The first-order valence-electron chi connectivity index (χ1n) is 8.64. The van der Waals surface area contributed by atoms with Crippen LogP contribution in [0.15, 0.2) is 6.20 Å². The third kappa shape index (κ3) is 5.32. The van der Waals surface area contributed by atoms with Crippen LogP contribution in [0.25, 0.3) is 0 Å². The van der Waals surface area contributed by atoms with Crippen molar-refractivity contribution in [3.63, 3.8) is 0 Å². The Morgan fingerprint density at radius 1 is 1.57 bits per heavy atom. The lowest BCUT2D eigenvalue weighted by atomic mass is 9.91. The Labute approximate surface area is 139 Å². The Bertz CT molecular complexity index is 489. The Hall–Kier alpha value is -1.40. The standard InChI is InChI=1S/C17H30N4O2/c1-4-5-6-16-19-10-14(20-16)12-21-8-7-15(23-3)13(11-21)9-17(22)18-2/h10,13,15H,4-9,11-12H2,1-3H3,(H,18,22)(H,19,20)/t13-,15-/m1/s1. The number of unbranched alkanes of at least 4 members (excludes halogenated alkanes) is 1. The van der Waals surface area contributed by atoms with Gasteiger partial charge in [-0.1, -0.05) is 13.3 Å². The van der Waals surface area contributed by atoms with Gasteiger partial charge in [-0.05, 0) is 12.8 Å². The van der Waals surface area contributed by atoms with E-state index < -0.39 is 0 Å². The number of piperidine rings is 1. The van der Waals surface area contributed by atoms with E-state index in [0.29, 0.717) is 6.42 Å². The predicted molar refractivity (Wildman–Crippen MR) is 90.1 cm³/mol. The minimum absolute atomic E-state index is 0.0855. The van der Waals surface area contributed by atoms with Crippen molar-refractivity contribution in [2.75, 3.05) is 27.2 Å². The molecular weight excluding hydrogens is 292 g/mol. The molecule has 0 radical (unpaired) electrons. The average molecular weight is 322 g/mol. The van der Waals surface area contributed by atoms with Crippen molar-refractivity contribution in [3.05, 3.63) is 17.7 Å². The first kappa shape index (κ1) is 17.9. The minimum atomic E-state index is 0.0855. The van der Waals surface area contributed by atoms with Crippen molar-refractivity contribution >= 4 is 5.91 Å². The Kier molecular flexibility index (Phi) is 7.05. The van der Waals surface area contributed by atoms with Gasteiger partial charge in [-0.15, -0.1) is 0 Å². The number of ether oxygens (including phenoxy) is 1. The maximum Gasteiger partial charge on any atom is 0.220 e. The fourth-order valence-corrected chi connectivity index (χ4v) is 3.27. The Morgan fingerprint density at radius 3 is 3.09 bits per heavy atom. The molecule has 2 rings (SSSR count). The van der Waals surface area contributed by atoms with Crippen molar-refractivity contribution < 1.29 is 9.53 Å². The molecule has 0 spiro atoms. The molecule has 0 aromatic carbocycles. The maximum absolute atomic E-state index is 11.7. The largest absolute Gasteiger partial charge is 0.381 e. The summed E-state index contributed by atoms with van der Waals surface area (Å²) >= 11 is 0. The van der Waals surface area contributed by atoms with Crippen LogP contribution in [0.4, 0.5) is 0 Å². The number of aromatic nitrogens is 2. The molecule has 0 aliphatic carbocycles. The number of carbonyl (C=O) groups excluding carboxylic acids is 1. The molecule has 1 saturated heterocycles. The van der Waals surface area contributed by atoms with Gasteiger partial charge in [0, 0.05) is 64.4 Å². The summed E-state index contributed by atoms with van der Waals surface area (Å²) in [6, 6.07) is 0. The number of imidazole rings is 1. The molecule has 2 atom stereocenters. The topological polar surface area (TPSA) is 70.2 Å². The van der Waals surface area contributed by atoms with Crippen LogP contribution in [-0.2, 0) is 22.5 Å². The molecular formula is C17H30N4O2. The van der Waals surface area contributed by atoms with Crippen LogP contribution in [0.3, 0.4) is 0 Å². The molecule has 1 aliphatic heterocycles. The fourth-order valence-electron chi connectivity index (χ4n) is 3.27. The van der Waals surface area contributed by atoms with E-state index in [4.69, 9.17) is 4.74 Å². The zero-order valence-electron chi connectivity index (χ0n) is 14.6. The quantitative estimate of drug-likeness (QED) is 0.765. The Balaban J connectivity index is 1.90. The summed E-state index contributed by atoms with van der Waals surface area (Å²) in [5, 5.41) is 2.72. The number of hydrogen-bond acceptors (Lipinski definition) is 4. The predicted octanol–water partition coefficient (Wildman–Crippen LogP) is 1.73. The molecule has 2 heterocycles. The number of likely N-dealkylation sites (tertiary alicyclic amines) is 1. The summed E-state index contributed by atoms with van der Waals surface area (Å²) in [6.07, 6.45) is 6.97. The van der Waals surface area contributed by atoms with Crippen molar-refractivity contribution in [3.8, 4) is 0 Å². The van der Waals surface area contributed by atoms with Gasteiger partial charge in [0.1, 0.15) is 5.82 Å². The summed E-state index contributed by atoms with van der Waals surface area (Å²) < 4.78 is 5.57. The molecule has 6 heteroatoms. The van der Waals surface area contributed by atoms with Crippen molar-refractivity contribution in [1.82, 2.24) is 20.2 Å². The SMILES string of the molecule is CCCCc1ncc(CN2CC[C@@H](OC)[C@H](CC(=O)NC)C2)[nH]1. The van der Waals surface area contributed by atoms with Gasteiger partial charge in [-0.3, -0.25) is 9.69 Å². The number of hydrogen-bond donors (Lipinski definition) is 2. The van der Waals surface area contributed by atoms with E-state index in [1.54, 1.807) is 14.2 Å². The van der Waals surface area contributed by atoms with Crippen molar-refractivity contribution in [2.45, 2.75) is 51.7 Å². The van der Waals surface area contributed by atoms with Crippen LogP contribution in [-0.4, -0.2) is 54.1 Å². The van der Waals surface area contributed by atoms with E-state index in [9.17, 15) is 4.79 Å². The summed E-state index contributed by atoms with van der Waals surface area (Å²) in [5.74, 6) is 1.41. The number of amides is 1. The van der Waals surface area contributed by atoms with Crippen molar-refractivity contribution in [2.24, 2.45) is 5.92 Å². The number of aryl methyl sites for hydroxylation is 1. The Morgan fingerprint density at radius 2 is 2.39 bits per heavy atom. The van der Waals surface area contributed by atoms with Crippen LogP contribution in [0.5, 0.6) is 0 Å². The molecule has 130 valence electrons. The number of aromatic amines is 1. The lowest BCUT2D eigenvalue weighted by Crippen LogP contribution is -2.45. The van der Waals surface area contributed by atoms with Gasteiger partial charge in [0.05, 0.1) is 6.10 Å². The van der Waals surface area contributed by atoms with Crippen LogP contribution in [0.1, 0.15) is 44.1 Å². The molecule has 1 aromatic heterocycles. The minimum Gasteiger partial charge on any atom is -0.381 e. The van der Waals surface area contributed by atoms with Gasteiger partial charge in [-0.2, -0.15) is 0 Å². The van der Waals surface area contributed by atoms with Gasteiger partial charge in [0.2, 0.25) is 5.91 Å². The zero-order chi connectivity index (χ0) is 16.7. The van der Waals surface area contributed by atoms with E-state index in [0.717, 1.165) is 44.0 Å². The van der Waals surface area contributed by atoms with Gasteiger partial charge in [-0.25, -0.2) is 4.98 Å². The smallest absolute Gasteiger partial charge is 0.220 e. The molecule has 1 fully saturated rings. The number of nitrogens with zero attached hydrogens (tertiary/aromatic N) is 2. The van der Waals surface area contributed by atoms with E-state index in [2.05, 4.69) is 27.1 Å². The van der Waals surface area contributed by atoms with Crippen LogP contribution < -0.4 is 5.32 Å². The van der Waals surface area contributed by atoms with Gasteiger partial charge in [0.15, 0.2) is 0 Å². The van der Waals surface area contributed by atoms with E-state index in [-0.39, 0.29) is 17.9 Å². The van der Waals surface area contributed by atoms with Gasteiger partial charge < -0.3 is 15.0 Å².